The molecule has 1 amide bonds. The number of nitrogens with one attached hydrogen (secondary N) is 1. The van der Waals surface area contributed by atoms with Crippen molar-refractivity contribution in [3.05, 3.63) is 72.0 Å². The summed E-state index contributed by atoms with van der Waals surface area (Å²) < 4.78 is 5.87. The highest BCUT2D eigenvalue weighted by molar-refractivity contribution is 5.78. The molecular weight excluding hydrogens is 376 g/mol. The smallest absolute Gasteiger partial charge is 0.223 e. The summed E-state index contributed by atoms with van der Waals surface area (Å²) in [7, 11) is 0. The molecule has 1 aliphatic heterocycles. The Morgan fingerprint density at radius 2 is 2.03 bits per heavy atom. The van der Waals surface area contributed by atoms with Gasteiger partial charge in [0.2, 0.25) is 5.91 Å². The molecule has 1 N–H and O–H groups in total. The van der Waals surface area contributed by atoms with Crippen LogP contribution in [-0.2, 0) is 11.2 Å². The molecule has 1 saturated heterocycles. The van der Waals surface area contributed by atoms with E-state index in [-0.39, 0.29) is 11.9 Å². The van der Waals surface area contributed by atoms with Crippen LogP contribution in [0.1, 0.15) is 42.6 Å². The number of aromatic amines is 1. The summed E-state index contributed by atoms with van der Waals surface area (Å²) in [6, 6.07) is 16.1. The van der Waals surface area contributed by atoms with E-state index in [1.165, 1.54) is 5.56 Å². The first-order valence-electron chi connectivity index (χ1n) is 10.4. The van der Waals surface area contributed by atoms with Crippen LogP contribution in [0.3, 0.4) is 0 Å². The van der Waals surface area contributed by atoms with Crippen LogP contribution in [0.4, 0.5) is 0 Å². The summed E-state index contributed by atoms with van der Waals surface area (Å²) in [6.07, 6.45) is 4.53. The summed E-state index contributed by atoms with van der Waals surface area (Å²) in [5.41, 5.74) is 4.15. The molecule has 0 saturated carbocycles. The van der Waals surface area contributed by atoms with Crippen LogP contribution >= 0.6 is 0 Å². The second-order valence-electron chi connectivity index (χ2n) is 7.87. The van der Waals surface area contributed by atoms with E-state index in [0.29, 0.717) is 18.7 Å². The number of H-pyrrole nitrogens is 1. The van der Waals surface area contributed by atoms with Gasteiger partial charge in [-0.3, -0.25) is 4.79 Å². The number of hydrogen-bond acceptors (Lipinski definition) is 4. The third-order valence-corrected chi connectivity index (χ3v) is 5.74. The van der Waals surface area contributed by atoms with E-state index in [2.05, 4.69) is 16.9 Å². The molecule has 1 fully saturated rings. The van der Waals surface area contributed by atoms with E-state index in [1.54, 1.807) is 6.20 Å². The molecule has 0 aliphatic carbocycles. The normalized spacial score (nSPS) is 16.4. The summed E-state index contributed by atoms with van der Waals surface area (Å²) >= 11 is 0. The summed E-state index contributed by atoms with van der Waals surface area (Å²) in [4.78, 5) is 27.4. The lowest BCUT2D eigenvalue weighted by atomic mass is 10.1. The molecule has 6 nitrogen and oxygen atoms in total. The zero-order valence-electron chi connectivity index (χ0n) is 17.0. The molecule has 0 spiro atoms. The number of aromatic nitrogens is 3. The van der Waals surface area contributed by atoms with Crippen LogP contribution in [-0.4, -0.2) is 32.3 Å². The summed E-state index contributed by atoms with van der Waals surface area (Å²) in [5.74, 6) is 2.32. The van der Waals surface area contributed by atoms with E-state index in [1.807, 2.05) is 53.4 Å². The number of imidazole rings is 1. The Morgan fingerprint density at radius 3 is 2.87 bits per heavy atom. The number of carbonyl (C=O) groups is 1. The van der Waals surface area contributed by atoms with Crippen molar-refractivity contribution in [3.8, 4) is 11.3 Å². The number of rotatable bonds is 5. The van der Waals surface area contributed by atoms with Gasteiger partial charge in [0.1, 0.15) is 5.82 Å². The molecule has 1 atom stereocenters. The quantitative estimate of drug-likeness (QED) is 0.521. The van der Waals surface area contributed by atoms with Crippen molar-refractivity contribution in [1.29, 1.82) is 0 Å². The molecule has 2 aromatic carbocycles. The topological polar surface area (TPSA) is 75.0 Å². The lowest BCUT2D eigenvalue weighted by Crippen LogP contribution is -2.31. The summed E-state index contributed by atoms with van der Waals surface area (Å²) in [6.45, 7) is 2.82. The fraction of sp³-hybridized carbons (Fsp3) is 0.292. The average molecular weight is 400 g/mol. The lowest BCUT2D eigenvalue weighted by molar-refractivity contribution is -0.132. The highest BCUT2D eigenvalue weighted by Gasteiger charge is 2.32. The Hall–Kier alpha value is -3.41. The highest BCUT2D eigenvalue weighted by Crippen LogP contribution is 2.32. The maximum absolute atomic E-state index is 12.9. The lowest BCUT2D eigenvalue weighted by Gasteiger charge is -2.23. The minimum atomic E-state index is 0.0116. The molecule has 4 aromatic rings. The number of carbonyl (C=O) groups excluding carboxylic acids is 1. The van der Waals surface area contributed by atoms with Crippen LogP contribution in [0, 0.1) is 6.92 Å². The predicted molar refractivity (Wildman–Crippen MR) is 115 cm³/mol. The Kier molecular flexibility index (Phi) is 4.83. The first-order valence-corrected chi connectivity index (χ1v) is 10.4. The van der Waals surface area contributed by atoms with Gasteiger partial charge in [-0.15, -0.1) is 0 Å². The first-order chi connectivity index (χ1) is 14.7. The van der Waals surface area contributed by atoms with Crippen molar-refractivity contribution in [3.63, 3.8) is 0 Å². The maximum atomic E-state index is 12.9. The third kappa shape index (κ3) is 3.61. The minimum absolute atomic E-state index is 0.0116. The van der Waals surface area contributed by atoms with Crippen molar-refractivity contribution in [2.75, 3.05) is 6.54 Å². The van der Waals surface area contributed by atoms with Gasteiger partial charge in [-0.1, -0.05) is 42.0 Å². The van der Waals surface area contributed by atoms with Gasteiger partial charge in [0.15, 0.2) is 11.7 Å². The van der Waals surface area contributed by atoms with Crippen LogP contribution in [0.15, 0.2) is 59.1 Å². The van der Waals surface area contributed by atoms with Crippen LogP contribution < -0.4 is 0 Å². The number of amides is 1. The van der Waals surface area contributed by atoms with Gasteiger partial charge >= 0.3 is 0 Å². The van der Waals surface area contributed by atoms with E-state index < -0.39 is 0 Å². The molecule has 5 rings (SSSR count). The van der Waals surface area contributed by atoms with Crippen LogP contribution in [0.25, 0.3) is 22.4 Å². The van der Waals surface area contributed by atoms with E-state index in [9.17, 15) is 4.79 Å². The zero-order chi connectivity index (χ0) is 20.5. The molecule has 0 bridgehead atoms. The van der Waals surface area contributed by atoms with Gasteiger partial charge in [0, 0.05) is 24.9 Å². The molecule has 1 aliphatic rings. The number of hydrogen-bond donors (Lipinski definition) is 1. The van der Waals surface area contributed by atoms with E-state index >= 15 is 0 Å². The average Bonchev–Trinajstić information content (AvgIpc) is 3.51. The molecule has 3 heterocycles. The highest BCUT2D eigenvalue weighted by atomic mass is 16.4. The number of benzene rings is 2. The van der Waals surface area contributed by atoms with E-state index in [0.717, 1.165) is 47.6 Å². The monoisotopic (exact) mass is 400 g/mol. The number of nitrogens with zero attached hydrogens (tertiary/aromatic N) is 3. The van der Waals surface area contributed by atoms with Crippen molar-refractivity contribution >= 4 is 16.9 Å². The largest absolute Gasteiger partial charge is 0.441 e. The van der Waals surface area contributed by atoms with Gasteiger partial charge < -0.3 is 14.3 Å². The SMILES string of the molecule is Cc1ccc(-c2cnc(CCC(=O)N3CCCC3c3nc4ccccc4[nH]3)o2)cc1. The van der Waals surface area contributed by atoms with Crippen molar-refractivity contribution in [2.24, 2.45) is 0 Å². The second-order valence-corrected chi connectivity index (χ2v) is 7.87. The molecule has 6 heteroatoms. The second kappa shape index (κ2) is 7.78. The molecular formula is C24H24N4O2. The number of aryl methyl sites for hydroxylation is 2. The van der Waals surface area contributed by atoms with Gasteiger partial charge in [-0.2, -0.15) is 0 Å². The molecule has 1 unspecified atom stereocenters. The standard InChI is InChI=1S/C24H24N4O2/c1-16-8-10-17(11-9-16)21-15-25-22(30-21)12-13-23(29)28-14-4-7-20(28)24-26-18-5-2-3-6-19(18)27-24/h2-3,5-6,8-11,15,20H,4,7,12-14H2,1H3,(H,26,27). The molecule has 152 valence electrons. The Morgan fingerprint density at radius 1 is 1.20 bits per heavy atom. The first kappa shape index (κ1) is 18.6. The van der Waals surface area contributed by atoms with Crippen LogP contribution in [0.5, 0.6) is 0 Å². The molecule has 2 aromatic heterocycles. The number of para-hydroxylation sites is 2. The Balaban J connectivity index is 1.25. The summed E-state index contributed by atoms with van der Waals surface area (Å²) in [5, 5.41) is 0. The van der Waals surface area contributed by atoms with Gasteiger partial charge in [0.25, 0.3) is 0 Å². The van der Waals surface area contributed by atoms with Crippen molar-refractivity contribution < 1.29 is 9.21 Å². The number of likely N-dealkylation sites (tertiary alicyclic amines) is 1. The molecule has 30 heavy (non-hydrogen) atoms. The minimum Gasteiger partial charge on any atom is -0.441 e. The molecule has 0 radical (unpaired) electrons. The fourth-order valence-electron chi connectivity index (χ4n) is 4.11. The van der Waals surface area contributed by atoms with Gasteiger partial charge in [-0.25, -0.2) is 9.97 Å². The maximum Gasteiger partial charge on any atom is 0.223 e. The van der Waals surface area contributed by atoms with Crippen molar-refractivity contribution in [1.82, 2.24) is 19.9 Å². The fourth-order valence-corrected chi connectivity index (χ4v) is 4.11. The van der Waals surface area contributed by atoms with Crippen LogP contribution in [0.2, 0.25) is 0 Å². The third-order valence-electron chi connectivity index (χ3n) is 5.74. The number of fused-ring (bicyclic) bond motifs is 1. The van der Waals surface area contributed by atoms with Gasteiger partial charge in [0.05, 0.1) is 23.3 Å². The Bertz CT molecular complexity index is 1140. The zero-order valence-corrected chi connectivity index (χ0v) is 17.0. The van der Waals surface area contributed by atoms with Gasteiger partial charge in [-0.05, 0) is 31.9 Å². The number of oxazole rings is 1. The Labute approximate surface area is 175 Å². The van der Waals surface area contributed by atoms with Crippen molar-refractivity contribution in [2.45, 2.75) is 38.6 Å². The van der Waals surface area contributed by atoms with E-state index in [4.69, 9.17) is 9.40 Å². The predicted octanol–water partition coefficient (Wildman–Crippen LogP) is 4.82.